The molecular weight excluding hydrogens is 312 g/mol. The lowest BCUT2D eigenvalue weighted by Gasteiger charge is -2.27. The molecule has 3 heterocycles. The monoisotopic (exact) mass is 346 g/mol. The highest BCUT2D eigenvalue weighted by atomic mass is 15.3. The highest BCUT2D eigenvalue weighted by Crippen LogP contribution is 2.35. The fourth-order valence-electron chi connectivity index (χ4n) is 3.75. The summed E-state index contributed by atoms with van der Waals surface area (Å²) >= 11 is 0. The van der Waals surface area contributed by atoms with Crippen LogP contribution in [0.3, 0.4) is 0 Å². The van der Waals surface area contributed by atoms with Crippen LogP contribution in [0.4, 0.5) is 17.8 Å². The topological polar surface area (TPSA) is 66.0 Å². The van der Waals surface area contributed by atoms with E-state index in [4.69, 9.17) is 9.97 Å². The highest BCUT2D eigenvalue weighted by molar-refractivity contribution is 5.46. The molecule has 4 rings (SSSR count). The van der Waals surface area contributed by atoms with Crippen molar-refractivity contribution in [1.29, 1.82) is 0 Å². The Morgan fingerprint density at radius 1 is 0.720 bits per heavy atom. The molecule has 3 aliphatic rings. The van der Waals surface area contributed by atoms with Gasteiger partial charge >= 0.3 is 0 Å². The minimum Gasteiger partial charge on any atom is -0.349 e. The van der Waals surface area contributed by atoms with E-state index in [2.05, 4.69) is 62.1 Å². The van der Waals surface area contributed by atoms with E-state index in [1.807, 2.05) is 0 Å². The summed E-state index contributed by atoms with van der Waals surface area (Å²) in [5.74, 6) is 3.69. The van der Waals surface area contributed by atoms with Crippen LogP contribution >= 0.6 is 0 Å². The summed E-state index contributed by atoms with van der Waals surface area (Å²) in [6.45, 7) is 14.9. The Kier molecular flexibility index (Phi) is 4.82. The zero-order valence-electron chi connectivity index (χ0n) is 16.7. The first-order valence-electron chi connectivity index (χ1n) is 9.65. The molecule has 1 saturated carbocycles. The van der Waals surface area contributed by atoms with Gasteiger partial charge in [-0.3, -0.25) is 0 Å². The maximum atomic E-state index is 4.76. The number of anilines is 3. The van der Waals surface area contributed by atoms with E-state index in [0.29, 0.717) is 11.9 Å². The van der Waals surface area contributed by atoms with Gasteiger partial charge in [-0.25, -0.2) is 0 Å². The molecule has 0 amide bonds. The third-order valence-corrected chi connectivity index (χ3v) is 4.80. The van der Waals surface area contributed by atoms with Crippen LogP contribution in [-0.2, 0) is 0 Å². The van der Waals surface area contributed by atoms with Gasteiger partial charge in [-0.05, 0) is 79.1 Å². The number of fused-ring (bicyclic) bond motifs is 4. The molecular formula is C19H34N6. The molecule has 2 aliphatic heterocycles. The average Bonchev–Trinajstić information content (AvgIpc) is 2.76. The molecule has 1 aromatic heterocycles. The number of rotatable bonds is 3. The van der Waals surface area contributed by atoms with Crippen LogP contribution in [0.15, 0.2) is 0 Å². The van der Waals surface area contributed by atoms with Crippen LogP contribution in [0.5, 0.6) is 0 Å². The van der Waals surface area contributed by atoms with Crippen LogP contribution in [0.1, 0.15) is 67.2 Å². The third-order valence-electron chi connectivity index (χ3n) is 4.80. The number of aromatic nitrogens is 3. The zero-order valence-corrected chi connectivity index (χ0v) is 16.7. The van der Waals surface area contributed by atoms with E-state index in [1.165, 1.54) is 25.7 Å². The van der Waals surface area contributed by atoms with E-state index in [1.54, 1.807) is 0 Å². The summed E-state index contributed by atoms with van der Waals surface area (Å²) in [7, 11) is 0. The number of nitrogens with zero attached hydrogens (tertiary/aromatic N) is 4. The third kappa shape index (κ3) is 5.19. The van der Waals surface area contributed by atoms with Crippen LogP contribution in [0, 0.1) is 11.8 Å². The maximum absolute atomic E-state index is 4.76. The molecule has 0 radical (unpaired) electrons. The van der Waals surface area contributed by atoms with Gasteiger partial charge in [0.15, 0.2) is 0 Å². The van der Waals surface area contributed by atoms with E-state index < -0.39 is 0 Å². The Morgan fingerprint density at radius 2 is 1.12 bits per heavy atom. The van der Waals surface area contributed by atoms with Gasteiger partial charge in [-0.1, -0.05) is 0 Å². The molecule has 2 N–H and O–H groups in total. The average molecular weight is 347 g/mol. The molecule has 140 valence electrons. The van der Waals surface area contributed by atoms with Gasteiger partial charge < -0.3 is 15.5 Å². The van der Waals surface area contributed by atoms with Crippen molar-refractivity contribution in [3.63, 3.8) is 0 Å². The highest BCUT2D eigenvalue weighted by Gasteiger charge is 2.31. The van der Waals surface area contributed by atoms with Gasteiger partial charge in [-0.2, -0.15) is 15.0 Å². The Labute approximate surface area is 152 Å². The standard InChI is InChI=1S/C19H34N6/c1-18(2,3)23-15-20-16(24-19(4,5)6)22-17(21-15)25-11-13-7-8-14(12-25)10-9-13/h13-14H,7-12H2,1-6H3,(H2,20,21,22,23,24). The van der Waals surface area contributed by atoms with Gasteiger partial charge in [0.05, 0.1) is 0 Å². The van der Waals surface area contributed by atoms with Crippen LogP contribution in [0.25, 0.3) is 0 Å². The lowest BCUT2D eigenvalue weighted by Crippen LogP contribution is -2.33. The summed E-state index contributed by atoms with van der Waals surface area (Å²) in [6.07, 6.45) is 5.41. The lowest BCUT2D eigenvalue weighted by molar-refractivity contribution is 0.326. The normalized spacial score (nSPS) is 24.2. The molecule has 2 saturated heterocycles. The summed E-state index contributed by atoms with van der Waals surface area (Å²) in [6, 6.07) is 0. The summed E-state index contributed by atoms with van der Waals surface area (Å²) in [5, 5.41) is 6.82. The van der Waals surface area contributed by atoms with Crippen LogP contribution < -0.4 is 15.5 Å². The van der Waals surface area contributed by atoms with Gasteiger partial charge in [0.25, 0.3) is 0 Å². The Hall–Kier alpha value is -1.59. The van der Waals surface area contributed by atoms with Crippen molar-refractivity contribution in [2.45, 2.75) is 78.3 Å². The second-order valence-corrected chi connectivity index (χ2v) is 9.82. The van der Waals surface area contributed by atoms with Gasteiger partial charge in [-0.15, -0.1) is 0 Å². The van der Waals surface area contributed by atoms with Crippen LogP contribution in [0.2, 0.25) is 0 Å². The van der Waals surface area contributed by atoms with E-state index in [-0.39, 0.29) is 11.1 Å². The van der Waals surface area contributed by atoms with Crippen molar-refractivity contribution < 1.29 is 0 Å². The largest absolute Gasteiger partial charge is 0.349 e. The van der Waals surface area contributed by atoms with Crippen molar-refractivity contribution in [3.05, 3.63) is 0 Å². The summed E-state index contributed by atoms with van der Waals surface area (Å²) in [5.41, 5.74) is -0.176. The predicted octanol–water partition coefficient (Wildman–Crippen LogP) is 3.92. The molecule has 1 aliphatic carbocycles. The van der Waals surface area contributed by atoms with E-state index in [9.17, 15) is 0 Å². The second kappa shape index (κ2) is 6.61. The second-order valence-electron chi connectivity index (χ2n) is 9.82. The fraction of sp³-hybridized carbons (Fsp3) is 0.842. The van der Waals surface area contributed by atoms with Gasteiger partial charge in [0.1, 0.15) is 0 Å². The minimum absolute atomic E-state index is 0.0879. The van der Waals surface area contributed by atoms with E-state index in [0.717, 1.165) is 30.9 Å². The Morgan fingerprint density at radius 3 is 1.48 bits per heavy atom. The molecule has 2 bridgehead atoms. The number of nitrogens with one attached hydrogen (secondary N) is 2. The first kappa shape index (κ1) is 18.2. The fourth-order valence-corrected chi connectivity index (χ4v) is 3.75. The number of hydrogen-bond acceptors (Lipinski definition) is 6. The summed E-state index contributed by atoms with van der Waals surface area (Å²) in [4.78, 5) is 16.5. The smallest absolute Gasteiger partial charge is 0.231 e. The maximum Gasteiger partial charge on any atom is 0.231 e. The molecule has 0 spiro atoms. The van der Waals surface area contributed by atoms with Gasteiger partial charge in [0, 0.05) is 24.2 Å². The molecule has 6 heteroatoms. The quantitative estimate of drug-likeness (QED) is 0.865. The lowest BCUT2D eigenvalue weighted by atomic mass is 9.84. The molecule has 6 nitrogen and oxygen atoms in total. The SMILES string of the molecule is CC(C)(C)Nc1nc(NC(C)(C)C)nc(N2CC3CCC(CC3)C2)n1. The predicted molar refractivity (Wildman–Crippen MR) is 104 cm³/mol. The molecule has 3 fully saturated rings. The van der Waals surface area contributed by atoms with Crippen molar-refractivity contribution in [3.8, 4) is 0 Å². The first-order chi connectivity index (χ1) is 11.6. The van der Waals surface area contributed by atoms with Crippen molar-refractivity contribution in [2.75, 3.05) is 28.6 Å². The molecule has 1 aromatic rings. The Bertz CT molecular complexity index is 545. The number of hydrogen-bond donors (Lipinski definition) is 2. The molecule has 0 atom stereocenters. The molecule has 0 unspecified atom stereocenters. The minimum atomic E-state index is -0.0879. The van der Waals surface area contributed by atoms with Crippen molar-refractivity contribution in [2.24, 2.45) is 11.8 Å². The van der Waals surface area contributed by atoms with Crippen molar-refractivity contribution >= 4 is 17.8 Å². The first-order valence-corrected chi connectivity index (χ1v) is 9.65. The van der Waals surface area contributed by atoms with Crippen LogP contribution in [-0.4, -0.2) is 39.1 Å². The molecule has 0 aromatic carbocycles. The van der Waals surface area contributed by atoms with E-state index >= 15 is 0 Å². The van der Waals surface area contributed by atoms with Gasteiger partial charge in [0.2, 0.25) is 17.8 Å². The summed E-state index contributed by atoms with van der Waals surface area (Å²) < 4.78 is 0. The molecule has 25 heavy (non-hydrogen) atoms. The Balaban J connectivity index is 1.91. The zero-order chi connectivity index (χ0) is 18.2. The van der Waals surface area contributed by atoms with Crippen molar-refractivity contribution in [1.82, 2.24) is 15.0 Å².